The summed E-state index contributed by atoms with van der Waals surface area (Å²) in [6.07, 6.45) is 0. The van der Waals surface area contributed by atoms with Crippen molar-refractivity contribution in [2.75, 3.05) is 13.2 Å². The van der Waals surface area contributed by atoms with Gasteiger partial charge >= 0.3 is 0 Å². The number of ether oxygens (including phenoxy) is 1. The van der Waals surface area contributed by atoms with Crippen molar-refractivity contribution < 1.29 is 14.6 Å². The summed E-state index contributed by atoms with van der Waals surface area (Å²) in [5.74, 6) is 0.377. The van der Waals surface area contributed by atoms with Crippen molar-refractivity contribution in [3.8, 4) is 5.75 Å². The molecule has 0 radical (unpaired) electrons. The quantitative estimate of drug-likeness (QED) is 0.870. The number of carbonyl (C=O) groups excluding carboxylic acids is 1. The van der Waals surface area contributed by atoms with Crippen molar-refractivity contribution in [2.45, 2.75) is 19.4 Å². The highest BCUT2D eigenvalue weighted by molar-refractivity contribution is 9.10. The van der Waals surface area contributed by atoms with E-state index >= 15 is 0 Å². The summed E-state index contributed by atoms with van der Waals surface area (Å²) in [6.45, 7) is 3.40. The Morgan fingerprint density at radius 1 is 1.41 bits per heavy atom. The van der Waals surface area contributed by atoms with E-state index < -0.39 is 5.60 Å². The van der Waals surface area contributed by atoms with Crippen LogP contribution in [0, 0.1) is 0 Å². The molecule has 0 unspecified atom stereocenters. The molecular weight excluding hydrogens is 286 g/mol. The molecule has 1 aromatic carbocycles. The summed E-state index contributed by atoms with van der Waals surface area (Å²) >= 11 is 3.31. The Balaban J connectivity index is 2.31. The SMILES string of the molecule is CC(C)(O)CNC(=O)COc1ccc(Br)cc1. The van der Waals surface area contributed by atoms with Gasteiger partial charge < -0.3 is 15.2 Å². The largest absolute Gasteiger partial charge is 0.484 e. The Bertz CT molecular complexity index is 370. The van der Waals surface area contributed by atoms with Crippen LogP contribution in [0.15, 0.2) is 28.7 Å². The maximum Gasteiger partial charge on any atom is 0.258 e. The van der Waals surface area contributed by atoms with E-state index in [4.69, 9.17) is 4.74 Å². The zero-order valence-electron chi connectivity index (χ0n) is 9.87. The molecule has 0 aromatic heterocycles. The Kier molecular flexibility index (Phi) is 4.96. The molecule has 1 rings (SSSR count). The van der Waals surface area contributed by atoms with E-state index in [1.165, 1.54) is 0 Å². The van der Waals surface area contributed by atoms with Gasteiger partial charge in [0, 0.05) is 11.0 Å². The van der Waals surface area contributed by atoms with Crippen LogP contribution in [0.3, 0.4) is 0 Å². The summed E-state index contributed by atoms with van der Waals surface area (Å²) < 4.78 is 6.23. The summed E-state index contributed by atoms with van der Waals surface area (Å²) in [5, 5.41) is 12.0. The number of benzene rings is 1. The summed E-state index contributed by atoms with van der Waals surface area (Å²) in [4.78, 5) is 11.4. The molecule has 0 atom stereocenters. The second-order valence-corrected chi connectivity index (χ2v) is 5.25. The summed E-state index contributed by atoms with van der Waals surface area (Å²) in [5.41, 5.74) is -0.909. The smallest absolute Gasteiger partial charge is 0.258 e. The monoisotopic (exact) mass is 301 g/mol. The lowest BCUT2D eigenvalue weighted by Gasteiger charge is -2.17. The molecule has 0 saturated heterocycles. The molecule has 0 fully saturated rings. The molecule has 0 aliphatic heterocycles. The van der Waals surface area contributed by atoms with E-state index in [2.05, 4.69) is 21.2 Å². The highest BCUT2D eigenvalue weighted by Gasteiger charge is 2.13. The average molecular weight is 302 g/mol. The fourth-order valence-electron chi connectivity index (χ4n) is 1.05. The summed E-state index contributed by atoms with van der Waals surface area (Å²) in [6, 6.07) is 7.22. The molecule has 4 nitrogen and oxygen atoms in total. The lowest BCUT2D eigenvalue weighted by Crippen LogP contribution is -2.40. The van der Waals surface area contributed by atoms with Crippen molar-refractivity contribution in [2.24, 2.45) is 0 Å². The van der Waals surface area contributed by atoms with Gasteiger partial charge in [-0.15, -0.1) is 0 Å². The molecule has 0 spiro atoms. The van der Waals surface area contributed by atoms with Gasteiger partial charge in [-0.25, -0.2) is 0 Å². The topological polar surface area (TPSA) is 58.6 Å². The maximum atomic E-state index is 11.4. The van der Waals surface area contributed by atoms with Gasteiger partial charge in [-0.1, -0.05) is 15.9 Å². The van der Waals surface area contributed by atoms with Gasteiger partial charge in [-0.2, -0.15) is 0 Å². The number of aliphatic hydroxyl groups is 1. The van der Waals surface area contributed by atoms with E-state index in [1.54, 1.807) is 26.0 Å². The lowest BCUT2D eigenvalue weighted by atomic mass is 10.1. The molecule has 5 heteroatoms. The Hall–Kier alpha value is -1.07. The average Bonchev–Trinajstić information content (AvgIpc) is 2.25. The van der Waals surface area contributed by atoms with Crippen LogP contribution in [0.5, 0.6) is 5.75 Å². The first-order valence-electron chi connectivity index (χ1n) is 5.24. The number of carbonyl (C=O) groups is 1. The van der Waals surface area contributed by atoms with Gasteiger partial charge in [0.2, 0.25) is 0 Å². The zero-order valence-corrected chi connectivity index (χ0v) is 11.5. The molecule has 0 aliphatic rings. The fraction of sp³-hybridized carbons (Fsp3) is 0.417. The standard InChI is InChI=1S/C12H16BrNO3/c1-12(2,16)8-14-11(15)7-17-10-5-3-9(13)4-6-10/h3-6,16H,7-8H2,1-2H3,(H,14,15). The van der Waals surface area contributed by atoms with Crippen LogP contribution in [0.4, 0.5) is 0 Å². The number of halogens is 1. The molecule has 1 aromatic rings. The second-order valence-electron chi connectivity index (χ2n) is 4.33. The van der Waals surface area contributed by atoms with E-state index in [1.807, 2.05) is 12.1 Å². The number of hydrogen-bond acceptors (Lipinski definition) is 3. The minimum absolute atomic E-state index is 0.0578. The maximum absolute atomic E-state index is 11.4. The normalized spacial score (nSPS) is 11.1. The van der Waals surface area contributed by atoms with Gasteiger partial charge in [-0.3, -0.25) is 4.79 Å². The fourth-order valence-corrected chi connectivity index (χ4v) is 1.31. The second kappa shape index (κ2) is 6.02. The molecule has 17 heavy (non-hydrogen) atoms. The van der Waals surface area contributed by atoms with Crippen LogP contribution >= 0.6 is 15.9 Å². The van der Waals surface area contributed by atoms with E-state index in [0.717, 1.165) is 4.47 Å². The molecule has 2 N–H and O–H groups in total. The van der Waals surface area contributed by atoms with E-state index in [0.29, 0.717) is 5.75 Å². The number of amides is 1. The molecule has 1 amide bonds. The van der Waals surface area contributed by atoms with Crippen LogP contribution in [0.1, 0.15) is 13.8 Å². The Morgan fingerprint density at radius 3 is 2.53 bits per heavy atom. The molecule has 0 bridgehead atoms. The van der Waals surface area contributed by atoms with Gasteiger partial charge in [-0.05, 0) is 38.1 Å². The molecule has 0 heterocycles. The van der Waals surface area contributed by atoms with Crippen molar-refractivity contribution in [3.05, 3.63) is 28.7 Å². The van der Waals surface area contributed by atoms with Crippen molar-refractivity contribution in [1.29, 1.82) is 0 Å². The van der Waals surface area contributed by atoms with Crippen LogP contribution < -0.4 is 10.1 Å². The van der Waals surface area contributed by atoms with Crippen LogP contribution in [0.2, 0.25) is 0 Å². The molecule has 0 saturated carbocycles. The molecular formula is C12H16BrNO3. The Labute approximate surface area is 109 Å². The molecule has 0 aliphatic carbocycles. The van der Waals surface area contributed by atoms with Crippen molar-refractivity contribution in [3.63, 3.8) is 0 Å². The van der Waals surface area contributed by atoms with Gasteiger partial charge in [0.05, 0.1) is 5.60 Å². The first-order valence-corrected chi connectivity index (χ1v) is 6.03. The van der Waals surface area contributed by atoms with Gasteiger partial charge in [0.25, 0.3) is 5.91 Å². The van der Waals surface area contributed by atoms with Crippen LogP contribution in [-0.4, -0.2) is 29.8 Å². The number of nitrogens with one attached hydrogen (secondary N) is 1. The first kappa shape index (κ1) is 14.0. The minimum atomic E-state index is -0.909. The predicted molar refractivity (Wildman–Crippen MR) is 68.9 cm³/mol. The van der Waals surface area contributed by atoms with E-state index in [9.17, 15) is 9.90 Å². The highest BCUT2D eigenvalue weighted by Crippen LogP contribution is 2.15. The van der Waals surface area contributed by atoms with Gasteiger partial charge in [0.15, 0.2) is 6.61 Å². The van der Waals surface area contributed by atoms with Crippen LogP contribution in [-0.2, 0) is 4.79 Å². The summed E-state index contributed by atoms with van der Waals surface area (Å²) in [7, 11) is 0. The predicted octanol–water partition coefficient (Wildman–Crippen LogP) is 1.71. The number of rotatable bonds is 5. The van der Waals surface area contributed by atoms with Gasteiger partial charge in [0.1, 0.15) is 5.75 Å². The lowest BCUT2D eigenvalue weighted by molar-refractivity contribution is -0.124. The molecule has 94 valence electrons. The third kappa shape index (κ3) is 6.28. The third-order valence-corrected chi connectivity index (χ3v) is 2.43. The number of hydrogen-bond donors (Lipinski definition) is 2. The minimum Gasteiger partial charge on any atom is -0.484 e. The Morgan fingerprint density at radius 2 is 2.00 bits per heavy atom. The van der Waals surface area contributed by atoms with Crippen molar-refractivity contribution >= 4 is 21.8 Å². The first-order chi connectivity index (χ1) is 7.87. The van der Waals surface area contributed by atoms with Crippen molar-refractivity contribution in [1.82, 2.24) is 5.32 Å². The highest BCUT2D eigenvalue weighted by atomic mass is 79.9. The third-order valence-electron chi connectivity index (χ3n) is 1.90. The zero-order chi connectivity index (χ0) is 12.9. The van der Waals surface area contributed by atoms with Crippen LogP contribution in [0.25, 0.3) is 0 Å². The van der Waals surface area contributed by atoms with E-state index in [-0.39, 0.29) is 19.1 Å².